The molecule has 1 N–H and O–H groups in total. The van der Waals surface area contributed by atoms with Gasteiger partial charge in [-0.1, -0.05) is 39.0 Å². The molecule has 0 spiro atoms. The van der Waals surface area contributed by atoms with Gasteiger partial charge in [-0.2, -0.15) is 8.42 Å². The first kappa shape index (κ1) is 32.5. The molecule has 43 heavy (non-hydrogen) atoms. The lowest BCUT2D eigenvalue weighted by Gasteiger charge is -2.21. The summed E-state index contributed by atoms with van der Waals surface area (Å²) in [7, 11) is -5.52. The Morgan fingerprint density at radius 2 is 1.19 bits per heavy atom. The van der Waals surface area contributed by atoms with Crippen LogP contribution in [-0.2, 0) is 25.1 Å². The molecule has 8 nitrogen and oxygen atoms in total. The fraction of sp³-hybridized carbons (Fsp3) is 0.357. The summed E-state index contributed by atoms with van der Waals surface area (Å²) in [5.74, 6) is -12.5. The van der Waals surface area contributed by atoms with Gasteiger partial charge in [-0.05, 0) is 17.0 Å². The molecule has 15 heteroatoms. The standard InChI is InChI=1S/C12H13N3O2.C10H14S.C6HF5O3S/c16-9-7-8(13-1-2-13)12(17)11(15-5-6-15)10(9)14-3-4-14;1-10(2,3)8-6-4-5-7-9(8)11;7-1-2(8)4(10)6(15(12,13)14)5(11)3(1)9/h7H,1-6H2;4-7,11H,1-3H3;(H,12,13,14). The van der Waals surface area contributed by atoms with E-state index in [4.69, 9.17) is 4.55 Å². The molecule has 3 heterocycles. The van der Waals surface area contributed by atoms with Gasteiger partial charge >= 0.3 is 10.1 Å². The molecule has 0 atom stereocenters. The second kappa shape index (κ2) is 11.9. The molecular weight excluding hydrogens is 617 g/mol. The first-order valence-corrected chi connectivity index (χ1v) is 14.9. The number of carbonyl (C=O) groups excluding carboxylic acids is 2. The molecule has 2 aromatic carbocycles. The maximum absolute atomic E-state index is 12.6. The summed E-state index contributed by atoms with van der Waals surface area (Å²) in [5, 5.41) is 0. The Hall–Kier alpha value is -3.43. The van der Waals surface area contributed by atoms with Gasteiger partial charge in [0.25, 0.3) is 0 Å². The average molecular weight is 646 g/mol. The summed E-state index contributed by atoms with van der Waals surface area (Å²) in [6.07, 6.45) is 1.52. The minimum Gasteiger partial charge on any atom is -0.365 e. The fourth-order valence-electron chi connectivity index (χ4n) is 4.19. The third kappa shape index (κ3) is 7.21. The highest BCUT2D eigenvalue weighted by Gasteiger charge is 2.43. The van der Waals surface area contributed by atoms with Crippen molar-refractivity contribution in [1.29, 1.82) is 0 Å². The second-order valence-corrected chi connectivity index (χ2v) is 12.9. The van der Waals surface area contributed by atoms with Crippen molar-refractivity contribution in [2.45, 2.75) is 36.0 Å². The summed E-state index contributed by atoms with van der Waals surface area (Å²) in [6, 6.07) is 8.23. The van der Waals surface area contributed by atoms with Gasteiger partial charge in [-0.3, -0.25) is 14.1 Å². The maximum Gasteiger partial charge on any atom is 0.300 e. The quantitative estimate of drug-likeness (QED) is 0.0978. The van der Waals surface area contributed by atoms with Gasteiger partial charge in [-0.15, -0.1) is 12.6 Å². The third-order valence-corrected chi connectivity index (χ3v) is 7.89. The van der Waals surface area contributed by atoms with Crippen LogP contribution >= 0.6 is 12.6 Å². The number of hydrogen-bond donors (Lipinski definition) is 2. The Balaban J connectivity index is 0.000000152. The summed E-state index contributed by atoms with van der Waals surface area (Å²) < 4.78 is 91.3. The van der Waals surface area contributed by atoms with Gasteiger partial charge in [0.2, 0.25) is 17.4 Å². The lowest BCUT2D eigenvalue weighted by atomic mass is 9.87. The monoisotopic (exact) mass is 645 g/mol. The smallest absolute Gasteiger partial charge is 0.300 e. The molecule has 0 unspecified atom stereocenters. The van der Waals surface area contributed by atoms with Gasteiger partial charge in [0.15, 0.2) is 28.2 Å². The van der Waals surface area contributed by atoms with E-state index in [1.807, 2.05) is 26.8 Å². The van der Waals surface area contributed by atoms with E-state index < -0.39 is 44.1 Å². The van der Waals surface area contributed by atoms with Crippen LogP contribution in [0.15, 0.2) is 57.2 Å². The Bertz CT molecular complexity index is 1630. The van der Waals surface area contributed by atoms with Crippen LogP contribution in [0.2, 0.25) is 0 Å². The lowest BCUT2D eigenvalue weighted by Crippen LogP contribution is -2.29. The number of carbonyl (C=O) groups is 2. The average Bonchev–Trinajstić information content (AvgIpc) is 3.73. The molecule has 1 aliphatic carbocycles. The zero-order chi connectivity index (χ0) is 32.0. The van der Waals surface area contributed by atoms with Crippen LogP contribution in [0.25, 0.3) is 0 Å². The van der Waals surface area contributed by atoms with Crippen molar-refractivity contribution in [2.24, 2.45) is 0 Å². The maximum atomic E-state index is 12.6. The minimum atomic E-state index is -5.52. The predicted molar refractivity (Wildman–Crippen MR) is 148 cm³/mol. The Kier molecular flexibility index (Phi) is 9.01. The number of thiol groups is 1. The number of benzene rings is 2. The minimum absolute atomic E-state index is 0.00546. The highest BCUT2D eigenvalue weighted by molar-refractivity contribution is 7.85. The number of rotatable bonds is 4. The molecule has 3 fully saturated rings. The molecule has 4 aliphatic rings. The number of allylic oxidation sites excluding steroid dienone is 1. The lowest BCUT2D eigenvalue weighted by molar-refractivity contribution is -0.117. The zero-order valence-electron chi connectivity index (χ0n) is 23.3. The zero-order valence-corrected chi connectivity index (χ0v) is 25.0. The summed E-state index contributed by atoms with van der Waals surface area (Å²) >= 11 is 4.39. The van der Waals surface area contributed by atoms with Gasteiger partial charge < -0.3 is 14.7 Å². The normalized spacial score (nSPS) is 17.6. The van der Waals surface area contributed by atoms with Crippen molar-refractivity contribution in [3.63, 3.8) is 0 Å². The van der Waals surface area contributed by atoms with Crippen LogP contribution in [-0.4, -0.2) is 78.5 Å². The fourth-order valence-corrected chi connectivity index (χ4v) is 5.32. The van der Waals surface area contributed by atoms with E-state index in [-0.39, 0.29) is 17.0 Å². The van der Waals surface area contributed by atoms with Crippen molar-refractivity contribution in [3.05, 3.63) is 82.1 Å². The molecule has 3 aliphatic heterocycles. The van der Waals surface area contributed by atoms with Gasteiger partial charge in [-0.25, -0.2) is 22.0 Å². The van der Waals surface area contributed by atoms with Crippen LogP contribution in [0.1, 0.15) is 26.3 Å². The number of ketones is 2. The molecular formula is C28H28F5N3O5S2. The van der Waals surface area contributed by atoms with Crippen LogP contribution in [0.4, 0.5) is 22.0 Å². The highest BCUT2D eigenvalue weighted by Crippen LogP contribution is 2.34. The highest BCUT2D eigenvalue weighted by atomic mass is 32.2. The number of hydrogen-bond acceptors (Lipinski definition) is 8. The molecule has 0 amide bonds. The number of halogens is 5. The summed E-state index contributed by atoms with van der Waals surface area (Å²) in [5.41, 5.74) is 3.40. The van der Waals surface area contributed by atoms with Gasteiger partial charge in [0.1, 0.15) is 11.4 Å². The van der Waals surface area contributed by atoms with E-state index in [1.165, 1.54) is 11.6 Å². The Morgan fingerprint density at radius 1 is 0.744 bits per heavy atom. The Morgan fingerprint density at radius 3 is 1.58 bits per heavy atom. The third-order valence-electron chi connectivity index (χ3n) is 6.63. The summed E-state index contributed by atoms with van der Waals surface area (Å²) in [6.45, 7) is 12.0. The van der Waals surface area contributed by atoms with Crippen molar-refractivity contribution in [3.8, 4) is 0 Å². The van der Waals surface area contributed by atoms with Crippen molar-refractivity contribution in [1.82, 2.24) is 14.7 Å². The van der Waals surface area contributed by atoms with Crippen LogP contribution < -0.4 is 0 Å². The number of nitrogens with zero attached hydrogens (tertiary/aromatic N) is 3. The first-order chi connectivity index (χ1) is 19.9. The molecule has 3 saturated heterocycles. The number of Topliss-reactive ketones (excluding diaryl/α,β-unsaturated/α-hetero) is 1. The van der Waals surface area contributed by atoms with E-state index in [0.717, 1.165) is 44.2 Å². The molecule has 0 saturated carbocycles. The SMILES string of the molecule is CC(C)(C)c1ccccc1S.O=C1C=C(N2CC2)C(=O)C(N2CC2)=C1N1CC1.O=S(=O)(O)c1c(F)c(F)c(F)c(F)c1F. The van der Waals surface area contributed by atoms with Gasteiger partial charge in [0.05, 0.1) is 5.70 Å². The topological polar surface area (TPSA) is 97.5 Å². The second-order valence-electron chi connectivity index (χ2n) is 11.0. The van der Waals surface area contributed by atoms with Crippen molar-refractivity contribution in [2.75, 3.05) is 39.3 Å². The molecule has 232 valence electrons. The predicted octanol–water partition coefficient (Wildman–Crippen LogP) is 4.08. The van der Waals surface area contributed by atoms with Crippen molar-refractivity contribution < 1.29 is 44.5 Å². The van der Waals surface area contributed by atoms with E-state index in [1.54, 1.807) is 0 Å². The van der Waals surface area contributed by atoms with Crippen LogP contribution in [0, 0.1) is 29.1 Å². The van der Waals surface area contributed by atoms with Crippen LogP contribution in [0.3, 0.4) is 0 Å². The molecule has 2 aromatic rings. The van der Waals surface area contributed by atoms with Crippen LogP contribution in [0.5, 0.6) is 0 Å². The van der Waals surface area contributed by atoms with Crippen molar-refractivity contribution >= 4 is 34.3 Å². The van der Waals surface area contributed by atoms with Gasteiger partial charge in [0, 0.05) is 50.2 Å². The molecule has 0 aromatic heterocycles. The van der Waals surface area contributed by atoms with E-state index >= 15 is 0 Å². The van der Waals surface area contributed by atoms with E-state index in [2.05, 4.69) is 45.5 Å². The Labute approximate surface area is 250 Å². The molecule has 0 radical (unpaired) electrons. The largest absolute Gasteiger partial charge is 0.365 e. The van der Waals surface area contributed by atoms with E-state index in [9.17, 15) is 40.0 Å². The molecule has 0 bridgehead atoms. The molecule has 6 rings (SSSR count). The first-order valence-electron chi connectivity index (χ1n) is 13.0. The summed E-state index contributed by atoms with van der Waals surface area (Å²) in [4.78, 5) is 29.3. The van der Waals surface area contributed by atoms with E-state index in [0.29, 0.717) is 17.1 Å².